The topological polar surface area (TPSA) is 40.5 Å². The molecule has 2 nitrogen and oxygen atoms in total. The molecular formula is C7H7BrO2. The van der Waals surface area contributed by atoms with E-state index in [1.54, 1.807) is 18.2 Å². The van der Waals surface area contributed by atoms with Crippen molar-refractivity contribution in [3.05, 3.63) is 34.3 Å². The van der Waals surface area contributed by atoms with Gasteiger partial charge in [-0.3, -0.25) is 0 Å². The summed E-state index contributed by atoms with van der Waals surface area (Å²) in [6.07, 6.45) is -1.38. The lowest BCUT2D eigenvalue weighted by atomic mass is 10.2. The number of benzene rings is 1. The van der Waals surface area contributed by atoms with Crippen LogP contribution in [-0.4, -0.2) is 10.2 Å². The molecule has 0 aliphatic rings. The van der Waals surface area contributed by atoms with Crippen LogP contribution in [0.25, 0.3) is 0 Å². The summed E-state index contributed by atoms with van der Waals surface area (Å²) in [6, 6.07) is 6.88. The van der Waals surface area contributed by atoms with Gasteiger partial charge in [0.2, 0.25) is 0 Å². The molecule has 0 spiro atoms. The maximum atomic E-state index is 8.68. The fraction of sp³-hybridized carbons (Fsp3) is 0.143. The van der Waals surface area contributed by atoms with E-state index < -0.39 is 6.29 Å². The van der Waals surface area contributed by atoms with E-state index >= 15 is 0 Å². The van der Waals surface area contributed by atoms with E-state index in [0.29, 0.717) is 5.56 Å². The molecule has 0 aliphatic carbocycles. The maximum absolute atomic E-state index is 8.68. The zero-order valence-corrected chi connectivity index (χ0v) is 6.75. The number of hydrogen-bond acceptors (Lipinski definition) is 2. The predicted octanol–water partition coefficient (Wildman–Crippen LogP) is 1.43. The highest BCUT2D eigenvalue weighted by atomic mass is 79.9. The Bertz CT molecular complexity index is 223. The van der Waals surface area contributed by atoms with E-state index in [0.717, 1.165) is 4.47 Å². The second kappa shape index (κ2) is 3.14. The third-order valence-corrected chi connectivity index (χ3v) is 1.64. The summed E-state index contributed by atoms with van der Waals surface area (Å²) in [5.41, 5.74) is 0.495. The molecule has 0 radical (unpaired) electrons. The molecule has 0 unspecified atom stereocenters. The van der Waals surface area contributed by atoms with Crippen molar-refractivity contribution >= 4 is 15.9 Å². The molecule has 0 saturated heterocycles. The van der Waals surface area contributed by atoms with Crippen LogP contribution in [0.4, 0.5) is 0 Å². The summed E-state index contributed by atoms with van der Waals surface area (Å²) in [5.74, 6) is 0. The van der Waals surface area contributed by atoms with Crippen molar-refractivity contribution in [1.82, 2.24) is 0 Å². The van der Waals surface area contributed by atoms with Gasteiger partial charge in [-0.2, -0.15) is 0 Å². The van der Waals surface area contributed by atoms with Gasteiger partial charge in [0.15, 0.2) is 6.29 Å². The van der Waals surface area contributed by atoms with Crippen LogP contribution in [-0.2, 0) is 0 Å². The highest BCUT2D eigenvalue weighted by Gasteiger charge is 2.00. The molecule has 1 rings (SSSR count). The van der Waals surface area contributed by atoms with Crippen molar-refractivity contribution in [3.63, 3.8) is 0 Å². The minimum atomic E-state index is -1.38. The molecule has 0 saturated carbocycles. The highest BCUT2D eigenvalue weighted by Crippen LogP contribution is 2.15. The average molecular weight is 203 g/mol. The standard InChI is InChI=1S/C7H7BrO2/c8-6-3-1-2-5(4-6)7(9)10/h1-4,7,9-10H. The molecule has 0 fully saturated rings. The molecule has 1 aromatic carbocycles. The first-order valence-electron chi connectivity index (χ1n) is 2.82. The predicted molar refractivity (Wildman–Crippen MR) is 41.3 cm³/mol. The summed E-state index contributed by atoms with van der Waals surface area (Å²) in [4.78, 5) is 0. The summed E-state index contributed by atoms with van der Waals surface area (Å²) < 4.78 is 0.845. The Kier molecular flexibility index (Phi) is 2.43. The average Bonchev–Trinajstić information content (AvgIpc) is 1.88. The molecule has 0 atom stereocenters. The van der Waals surface area contributed by atoms with Crippen LogP contribution < -0.4 is 0 Å². The van der Waals surface area contributed by atoms with Crippen LogP contribution in [0.15, 0.2) is 28.7 Å². The van der Waals surface area contributed by atoms with Gasteiger partial charge in [-0.25, -0.2) is 0 Å². The van der Waals surface area contributed by atoms with E-state index in [1.165, 1.54) is 0 Å². The third kappa shape index (κ3) is 1.80. The largest absolute Gasteiger partial charge is 0.364 e. The van der Waals surface area contributed by atoms with Gasteiger partial charge in [-0.05, 0) is 12.1 Å². The normalized spacial score (nSPS) is 10.4. The first kappa shape index (κ1) is 7.72. The van der Waals surface area contributed by atoms with Gasteiger partial charge >= 0.3 is 0 Å². The van der Waals surface area contributed by atoms with Crippen molar-refractivity contribution in [3.8, 4) is 0 Å². The Morgan fingerprint density at radius 2 is 2.00 bits per heavy atom. The second-order valence-electron chi connectivity index (χ2n) is 1.93. The Labute approximate surface area is 67.3 Å². The van der Waals surface area contributed by atoms with Gasteiger partial charge in [0, 0.05) is 10.0 Å². The van der Waals surface area contributed by atoms with Gasteiger partial charge in [-0.15, -0.1) is 0 Å². The van der Waals surface area contributed by atoms with Crippen molar-refractivity contribution in [2.45, 2.75) is 6.29 Å². The molecule has 3 heteroatoms. The fourth-order valence-corrected chi connectivity index (χ4v) is 1.08. The van der Waals surface area contributed by atoms with Crippen LogP contribution in [0.2, 0.25) is 0 Å². The van der Waals surface area contributed by atoms with Gasteiger partial charge in [-0.1, -0.05) is 28.1 Å². The third-order valence-electron chi connectivity index (χ3n) is 1.15. The van der Waals surface area contributed by atoms with Crippen molar-refractivity contribution in [2.75, 3.05) is 0 Å². The van der Waals surface area contributed by atoms with Crippen molar-refractivity contribution in [1.29, 1.82) is 0 Å². The molecule has 0 bridgehead atoms. The van der Waals surface area contributed by atoms with Crippen LogP contribution in [0, 0.1) is 0 Å². The number of aliphatic hydroxyl groups is 2. The number of hydrogen-bond donors (Lipinski definition) is 2. The quantitative estimate of drug-likeness (QED) is 0.677. The summed E-state index contributed by atoms with van der Waals surface area (Å²) in [7, 11) is 0. The van der Waals surface area contributed by atoms with Crippen molar-refractivity contribution < 1.29 is 10.2 Å². The number of rotatable bonds is 1. The minimum Gasteiger partial charge on any atom is -0.364 e. The Balaban J connectivity index is 2.96. The summed E-state index contributed by atoms with van der Waals surface area (Å²) in [5, 5.41) is 17.4. The number of halogens is 1. The van der Waals surface area contributed by atoms with Crippen LogP contribution >= 0.6 is 15.9 Å². The summed E-state index contributed by atoms with van der Waals surface area (Å²) >= 11 is 3.21. The molecule has 1 aromatic rings. The van der Waals surface area contributed by atoms with E-state index in [1.807, 2.05) is 6.07 Å². The SMILES string of the molecule is OC(O)c1cccc(Br)c1. The van der Waals surface area contributed by atoms with E-state index in [4.69, 9.17) is 10.2 Å². The van der Waals surface area contributed by atoms with Gasteiger partial charge in [0.25, 0.3) is 0 Å². The lowest BCUT2D eigenvalue weighted by molar-refractivity contribution is -0.0425. The highest BCUT2D eigenvalue weighted by molar-refractivity contribution is 9.10. The zero-order valence-electron chi connectivity index (χ0n) is 5.16. The molecule has 54 valence electrons. The zero-order chi connectivity index (χ0) is 7.56. The Hall–Kier alpha value is -0.380. The van der Waals surface area contributed by atoms with Crippen LogP contribution in [0.5, 0.6) is 0 Å². The number of aliphatic hydroxyl groups excluding tert-OH is 1. The Morgan fingerprint density at radius 1 is 1.30 bits per heavy atom. The van der Waals surface area contributed by atoms with Crippen molar-refractivity contribution in [2.24, 2.45) is 0 Å². The smallest absolute Gasteiger partial charge is 0.178 e. The van der Waals surface area contributed by atoms with Crippen LogP contribution in [0.1, 0.15) is 11.9 Å². The Morgan fingerprint density at radius 3 is 2.40 bits per heavy atom. The van der Waals surface area contributed by atoms with Crippen LogP contribution in [0.3, 0.4) is 0 Å². The monoisotopic (exact) mass is 202 g/mol. The molecule has 0 amide bonds. The first-order valence-corrected chi connectivity index (χ1v) is 3.61. The summed E-state index contributed by atoms with van der Waals surface area (Å²) in [6.45, 7) is 0. The maximum Gasteiger partial charge on any atom is 0.178 e. The molecule has 2 N–H and O–H groups in total. The lowest BCUT2D eigenvalue weighted by Crippen LogP contribution is -1.93. The molecule has 0 aliphatic heterocycles. The van der Waals surface area contributed by atoms with Gasteiger partial charge < -0.3 is 10.2 Å². The molecule has 0 heterocycles. The molecular weight excluding hydrogens is 196 g/mol. The second-order valence-corrected chi connectivity index (χ2v) is 2.84. The minimum absolute atomic E-state index is 0.495. The van der Waals surface area contributed by atoms with Gasteiger partial charge in [0.1, 0.15) is 0 Å². The van der Waals surface area contributed by atoms with E-state index in [-0.39, 0.29) is 0 Å². The molecule has 0 aromatic heterocycles. The lowest BCUT2D eigenvalue weighted by Gasteiger charge is -2.02. The van der Waals surface area contributed by atoms with E-state index in [9.17, 15) is 0 Å². The fourth-order valence-electron chi connectivity index (χ4n) is 0.667. The van der Waals surface area contributed by atoms with Gasteiger partial charge in [0.05, 0.1) is 0 Å². The first-order chi connectivity index (χ1) is 4.70. The molecule has 10 heavy (non-hydrogen) atoms. The van der Waals surface area contributed by atoms with E-state index in [2.05, 4.69) is 15.9 Å².